The molecule has 0 saturated carbocycles. The molecule has 0 aliphatic carbocycles. The fraction of sp³-hybridized carbons (Fsp3) is 0.222. The van der Waals surface area contributed by atoms with Gasteiger partial charge in [0.05, 0.1) is 14.2 Å². The van der Waals surface area contributed by atoms with Crippen molar-refractivity contribution >= 4 is 0 Å². The largest absolute Gasteiger partial charge is 0.497 e. The number of aliphatic hydroxyl groups excluding tert-OH is 2. The second-order valence-corrected chi connectivity index (χ2v) is 5.47. The number of aromatic nitrogens is 4. The van der Waals surface area contributed by atoms with Gasteiger partial charge >= 0.3 is 0 Å². The molecule has 3 rings (SSSR count). The van der Waals surface area contributed by atoms with E-state index < -0.39 is 12.2 Å². The quantitative estimate of drug-likeness (QED) is 0.684. The van der Waals surface area contributed by atoms with Crippen LogP contribution >= 0.6 is 0 Å². The van der Waals surface area contributed by atoms with Crippen LogP contribution < -0.4 is 9.47 Å². The van der Waals surface area contributed by atoms with Gasteiger partial charge in [0.1, 0.15) is 23.7 Å². The standard InChI is InChI=1S/C18H18N4O4/c1-25-13-7-3-11(4-8-13)15(23)17-19-21-18(22-20-17)16(24)12-5-9-14(26-2)10-6-12/h3-10,15-16,23-24H,1-2H3. The van der Waals surface area contributed by atoms with Crippen molar-refractivity contribution in [3.8, 4) is 11.5 Å². The fourth-order valence-corrected chi connectivity index (χ4v) is 2.33. The lowest BCUT2D eigenvalue weighted by Gasteiger charge is -2.11. The van der Waals surface area contributed by atoms with Crippen LogP contribution in [0.4, 0.5) is 0 Å². The SMILES string of the molecule is COc1ccc(C(O)c2nnc(C(O)c3ccc(OC)cc3)nn2)cc1. The highest BCUT2D eigenvalue weighted by Gasteiger charge is 2.19. The average molecular weight is 354 g/mol. The molecule has 0 bridgehead atoms. The molecule has 26 heavy (non-hydrogen) atoms. The maximum atomic E-state index is 10.3. The number of nitrogens with zero attached hydrogens (tertiary/aromatic N) is 4. The molecular weight excluding hydrogens is 336 g/mol. The molecule has 0 aliphatic heterocycles. The van der Waals surface area contributed by atoms with E-state index in [1.165, 1.54) is 0 Å². The van der Waals surface area contributed by atoms with Crippen LogP contribution in [0.25, 0.3) is 0 Å². The lowest BCUT2D eigenvalue weighted by Crippen LogP contribution is -2.13. The Labute approximate surface area is 150 Å². The highest BCUT2D eigenvalue weighted by molar-refractivity contribution is 5.31. The first-order valence-electron chi connectivity index (χ1n) is 7.83. The zero-order valence-electron chi connectivity index (χ0n) is 14.3. The first-order chi connectivity index (χ1) is 12.6. The van der Waals surface area contributed by atoms with Crippen LogP contribution in [0.1, 0.15) is 35.0 Å². The van der Waals surface area contributed by atoms with Crippen molar-refractivity contribution in [1.29, 1.82) is 0 Å². The highest BCUT2D eigenvalue weighted by Crippen LogP contribution is 2.23. The third-order valence-electron chi connectivity index (χ3n) is 3.86. The topological polar surface area (TPSA) is 110 Å². The van der Waals surface area contributed by atoms with E-state index in [1.54, 1.807) is 62.8 Å². The van der Waals surface area contributed by atoms with Crippen LogP contribution in [-0.4, -0.2) is 44.8 Å². The number of hydrogen-bond acceptors (Lipinski definition) is 8. The summed E-state index contributed by atoms with van der Waals surface area (Å²) in [6.07, 6.45) is -2.15. The van der Waals surface area contributed by atoms with Crippen LogP contribution in [0.15, 0.2) is 48.5 Å². The minimum atomic E-state index is -1.08. The van der Waals surface area contributed by atoms with Gasteiger partial charge in [0, 0.05) is 0 Å². The molecule has 134 valence electrons. The van der Waals surface area contributed by atoms with Crippen molar-refractivity contribution < 1.29 is 19.7 Å². The molecule has 0 spiro atoms. The Hall–Kier alpha value is -3.10. The van der Waals surface area contributed by atoms with Gasteiger partial charge in [0.25, 0.3) is 0 Å². The van der Waals surface area contributed by atoms with Gasteiger partial charge in [-0.05, 0) is 35.4 Å². The molecule has 0 radical (unpaired) electrons. The summed E-state index contributed by atoms with van der Waals surface area (Å²) < 4.78 is 10.2. The van der Waals surface area contributed by atoms with Crippen molar-refractivity contribution in [3.05, 3.63) is 71.3 Å². The van der Waals surface area contributed by atoms with Crippen molar-refractivity contribution in [1.82, 2.24) is 20.4 Å². The maximum absolute atomic E-state index is 10.3. The summed E-state index contributed by atoms with van der Waals surface area (Å²) in [5.74, 6) is 1.44. The van der Waals surface area contributed by atoms with Gasteiger partial charge in [-0.2, -0.15) is 0 Å². The van der Waals surface area contributed by atoms with Crippen molar-refractivity contribution in [2.45, 2.75) is 12.2 Å². The summed E-state index contributed by atoms with van der Waals surface area (Å²) in [5.41, 5.74) is 1.16. The van der Waals surface area contributed by atoms with Crippen LogP contribution in [0, 0.1) is 0 Å². The first-order valence-corrected chi connectivity index (χ1v) is 7.83. The molecule has 2 N–H and O–H groups in total. The van der Waals surface area contributed by atoms with Gasteiger partial charge in [0.15, 0.2) is 0 Å². The van der Waals surface area contributed by atoms with Gasteiger partial charge in [-0.1, -0.05) is 24.3 Å². The van der Waals surface area contributed by atoms with Crippen molar-refractivity contribution in [2.24, 2.45) is 0 Å². The Morgan fingerprint density at radius 3 is 1.19 bits per heavy atom. The Bertz CT molecular complexity index is 766. The number of rotatable bonds is 6. The maximum Gasteiger partial charge on any atom is 0.206 e. The third kappa shape index (κ3) is 3.76. The van der Waals surface area contributed by atoms with Crippen LogP contribution in [0.3, 0.4) is 0 Å². The van der Waals surface area contributed by atoms with E-state index in [2.05, 4.69) is 20.4 Å². The predicted octanol–water partition coefficient (Wildman–Crippen LogP) is 1.45. The summed E-state index contributed by atoms with van der Waals surface area (Å²) in [7, 11) is 3.13. The molecule has 2 unspecified atom stereocenters. The normalized spacial score (nSPS) is 13.1. The van der Waals surface area contributed by atoms with E-state index in [0.717, 1.165) is 0 Å². The molecule has 3 aromatic rings. The van der Waals surface area contributed by atoms with Gasteiger partial charge < -0.3 is 19.7 Å². The monoisotopic (exact) mass is 354 g/mol. The van der Waals surface area contributed by atoms with Crippen molar-refractivity contribution in [3.63, 3.8) is 0 Å². The van der Waals surface area contributed by atoms with E-state index in [1.807, 2.05) is 0 Å². The third-order valence-corrected chi connectivity index (χ3v) is 3.86. The molecular formula is C18H18N4O4. The fourth-order valence-electron chi connectivity index (χ4n) is 2.33. The Morgan fingerprint density at radius 2 is 0.923 bits per heavy atom. The molecule has 1 heterocycles. The number of methoxy groups -OCH3 is 2. The highest BCUT2D eigenvalue weighted by atomic mass is 16.5. The number of aliphatic hydroxyl groups is 2. The smallest absolute Gasteiger partial charge is 0.206 e. The van der Waals surface area contributed by atoms with Gasteiger partial charge in [0.2, 0.25) is 11.6 Å². The Balaban J connectivity index is 1.76. The molecule has 0 saturated heterocycles. The lowest BCUT2D eigenvalue weighted by atomic mass is 10.1. The predicted molar refractivity (Wildman–Crippen MR) is 91.7 cm³/mol. The van der Waals surface area contributed by atoms with Crippen LogP contribution in [-0.2, 0) is 0 Å². The zero-order chi connectivity index (χ0) is 18.5. The number of benzene rings is 2. The average Bonchev–Trinajstić information content (AvgIpc) is 2.73. The van der Waals surface area contributed by atoms with E-state index in [9.17, 15) is 10.2 Å². The second-order valence-electron chi connectivity index (χ2n) is 5.47. The molecule has 8 nitrogen and oxygen atoms in total. The summed E-state index contributed by atoms with van der Waals surface area (Å²) in [6.45, 7) is 0. The summed E-state index contributed by atoms with van der Waals surface area (Å²) >= 11 is 0. The van der Waals surface area contributed by atoms with E-state index >= 15 is 0 Å². The number of ether oxygens (including phenoxy) is 2. The minimum Gasteiger partial charge on any atom is -0.497 e. The summed E-state index contributed by atoms with van der Waals surface area (Å²) in [6, 6.07) is 13.7. The Kier molecular flexibility index (Phi) is 5.35. The van der Waals surface area contributed by atoms with Gasteiger partial charge in [-0.15, -0.1) is 20.4 Å². The van der Waals surface area contributed by atoms with E-state index in [4.69, 9.17) is 9.47 Å². The van der Waals surface area contributed by atoms with E-state index in [0.29, 0.717) is 22.6 Å². The van der Waals surface area contributed by atoms with Crippen LogP contribution in [0.2, 0.25) is 0 Å². The molecule has 0 amide bonds. The summed E-state index contributed by atoms with van der Waals surface area (Å²) in [5, 5.41) is 36.2. The molecule has 0 aliphatic rings. The number of hydrogen-bond donors (Lipinski definition) is 2. The molecule has 1 aromatic heterocycles. The zero-order valence-corrected chi connectivity index (χ0v) is 14.3. The van der Waals surface area contributed by atoms with Gasteiger partial charge in [-0.3, -0.25) is 0 Å². The molecule has 0 fully saturated rings. The van der Waals surface area contributed by atoms with Crippen molar-refractivity contribution in [2.75, 3.05) is 14.2 Å². The minimum absolute atomic E-state index is 0.0425. The lowest BCUT2D eigenvalue weighted by molar-refractivity contribution is 0.193. The molecule has 2 aromatic carbocycles. The molecule has 2 atom stereocenters. The second kappa shape index (κ2) is 7.85. The summed E-state index contributed by atoms with van der Waals surface area (Å²) in [4.78, 5) is 0. The van der Waals surface area contributed by atoms with Crippen LogP contribution in [0.5, 0.6) is 11.5 Å². The first kappa shape index (κ1) is 17.7. The Morgan fingerprint density at radius 1 is 0.615 bits per heavy atom. The molecule has 8 heteroatoms. The van der Waals surface area contributed by atoms with Gasteiger partial charge in [-0.25, -0.2) is 0 Å². The van der Waals surface area contributed by atoms with E-state index in [-0.39, 0.29) is 11.6 Å².